The molecule has 1 amide bonds. The van der Waals surface area contributed by atoms with Crippen LogP contribution < -0.4 is 19.1 Å². The molecule has 0 N–H and O–H groups in total. The molecule has 1 fully saturated rings. The van der Waals surface area contributed by atoms with Gasteiger partial charge in [0.25, 0.3) is 5.91 Å². The monoisotopic (exact) mass is 499 g/mol. The molecule has 1 heterocycles. The summed E-state index contributed by atoms with van der Waals surface area (Å²) in [7, 11) is -1.66. The van der Waals surface area contributed by atoms with Crippen molar-refractivity contribution in [3.05, 3.63) is 72.5 Å². The van der Waals surface area contributed by atoms with Crippen LogP contribution in [-0.4, -0.2) is 52.7 Å². The Hall–Kier alpha value is -3.59. The average Bonchev–Trinajstić information content (AvgIpc) is 3.19. The number of methoxy groups -OCH3 is 1. The minimum absolute atomic E-state index is 0.00699. The zero-order valence-electron chi connectivity index (χ0n) is 19.4. The smallest absolute Gasteiger partial charge is 0.268 e. The van der Waals surface area contributed by atoms with Crippen molar-refractivity contribution in [2.24, 2.45) is 0 Å². The van der Waals surface area contributed by atoms with Gasteiger partial charge in [-0.2, -0.15) is 0 Å². The summed E-state index contributed by atoms with van der Waals surface area (Å²) in [6.45, 7) is 0.488. The Kier molecular flexibility index (Phi) is 7.25. The number of sulfone groups is 1. The SMILES string of the molecule is COc1cc(N2CCC(Oc3ccc(-c4ccc(F)cc4)cc3)C2=O)ccc1OCCS(C)(=O)=O. The Morgan fingerprint density at radius 3 is 2.26 bits per heavy atom. The second-order valence-corrected chi connectivity index (χ2v) is 10.5. The molecule has 3 aromatic rings. The van der Waals surface area contributed by atoms with Gasteiger partial charge in [0.2, 0.25) is 0 Å². The molecule has 0 spiro atoms. The van der Waals surface area contributed by atoms with Crippen LogP contribution in [0.2, 0.25) is 0 Å². The molecular weight excluding hydrogens is 473 g/mol. The highest BCUT2D eigenvalue weighted by Crippen LogP contribution is 2.34. The summed E-state index contributed by atoms with van der Waals surface area (Å²) in [6.07, 6.45) is 1.05. The number of amides is 1. The van der Waals surface area contributed by atoms with Crippen molar-refractivity contribution in [1.82, 2.24) is 0 Å². The Morgan fingerprint density at radius 1 is 0.971 bits per heavy atom. The highest BCUT2D eigenvalue weighted by Gasteiger charge is 2.34. The van der Waals surface area contributed by atoms with Gasteiger partial charge in [-0.15, -0.1) is 0 Å². The Labute approximate surface area is 204 Å². The van der Waals surface area contributed by atoms with Gasteiger partial charge in [0.05, 0.1) is 12.9 Å². The highest BCUT2D eigenvalue weighted by atomic mass is 32.2. The van der Waals surface area contributed by atoms with Crippen molar-refractivity contribution >= 4 is 21.4 Å². The van der Waals surface area contributed by atoms with Crippen LogP contribution in [0.4, 0.5) is 10.1 Å². The lowest BCUT2D eigenvalue weighted by molar-refractivity contribution is -0.122. The van der Waals surface area contributed by atoms with Crippen molar-refractivity contribution in [3.63, 3.8) is 0 Å². The van der Waals surface area contributed by atoms with Gasteiger partial charge in [0.1, 0.15) is 18.2 Å². The zero-order valence-corrected chi connectivity index (χ0v) is 20.3. The van der Waals surface area contributed by atoms with Crippen molar-refractivity contribution in [2.45, 2.75) is 12.5 Å². The molecule has 1 aliphatic rings. The topological polar surface area (TPSA) is 82.1 Å². The van der Waals surface area contributed by atoms with Gasteiger partial charge in [-0.25, -0.2) is 12.8 Å². The number of carbonyl (C=O) groups is 1. The summed E-state index contributed by atoms with van der Waals surface area (Å²) < 4.78 is 52.6. The van der Waals surface area contributed by atoms with Crippen LogP contribution in [0.1, 0.15) is 6.42 Å². The van der Waals surface area contributed by atoms with Gasteiger partial charge in [0, 0.05) is 31.0 Å². The molecule has 4 rings (SSSR count). The molecule has 1 atom stereocenters. The second-order valence-electron chi connectivity index (χ2n) is 8.23. The lowest BCUT2D eigenvalue weighted by atomic mass is 10.1. The number of halogens is 1. The van der Waals surface area contributed by atoms with E-state index >= 15 is 0 Å². The molecule has 1 aliphatic heterocycles. The predicted molar refractivity (Wildman–Crippen MR) is 131 cm³/mol. The first-order valence-corrected chi connectivity index (χ1v) is 13.1. The van der Waals surface area contributed by atoms with E-state index in [1.807, 2.05) is 12.1 Å². The number of anilines is 1. The number of ether oxygens (including phenoxy) is 3. The minimum Gasteiger partial charge on any atom is -0.493 e. The summed E-state index contributed by atoms with van der Waals surface area (Å²) in [4.78, 5) is 14.6. The molecule has 0 bridgehead atoms. The normalized spacial score (nSPS) is 15.8. The number of hydrogen-bond donors (Lipinski definition) is 0. The molecule has 35 heavy (non-hydrogen) atoms. The van der Waals surface area contributed by atoms with Crippen molar-refractivity contribution < 1.29 is 31.8 Å². The largest absolute Gasteiger partial charge is 0.493 e. The van der Waals surface area contributed by atoms with Crippen LogP contribution >= 0.6 is 0 Å². The van der Waals surface area contributed by atoms with E-state index in [1.165, 1.54) is 19.2 Å². The summed E-state index contributed by atoms with van der Waals surface area (Å²) in [6, 6.07) is 18.6. The van der Waals surface area contributed by atoms with Crippen molar-refractivity contribution in [2.75, 3.05) is 37.2 Å². The van der Waals surface area contributed by atoms with Gasteiger partial charge in [-0.1, -0.05) is 24.3 Å². The molecule has 7 nitrogen and oxygen atoms in total. The van der Waals surface area contributed by atoms with Crippen LogP contribution in [0.3, 0.4) is 0 Å². The van der Waals surface area contributed by atoms with E-state index in [1.54, 1.807) is 47.4 Å². The fourth-order valence-corrected chi connectivity index (χ4v) is 4.18. The average molecular weight is 500 g/mol. The minimum atomic E-state index is -3.14. The predicted octanol–water partition coefficient (Wildman–Crippen LogP) is 4.11. The third-order valence-corrected chi connectivity index (χ3v) is 6.55. The van der Waals surface area contributed by atoms with E-state index < -0.39 is 15.9 Å². The van der Waals surface area contributed by atoms with Gasteiger partial charge >= 0.3 is 0 Å². The van der Waals surface area contributed by atoms with E-state index in [2.05, 4.69) is 0 Å². The first kappa shape index (κ1) is 24.5. The maximum atomic E-state index is 13.1. The maximum Gasteiger partial charge on any atom is 0.268 e. The van der Waals surface area contributed by atoms with Gasteiger partial charge in [-0.3, -0.25) is 4.79 Å². The van der Waals surface area contributed by atoms with Gasteiger partial charge in [-0.05, 0) is 47.5 Å². The Balaban J connectivity index is 1.40. The molecular formula is C26H26FNO6S. The first-order valence-electron chi connectivity index (χ1n) is 11.1. The molecule has 3 aromatic carbocycles. The summed E-state index contributed by atoms with van der Waals surface area (Å²) in [5.41, 5.74) is 2.45. The van der Waals surface area contributed by atoms with Crippen LogP contribution in [0.5, 0.6) is 17.2 Å². The highest BCUT2D eigenvalue weighted by molar-refractivity contribution is 7.90. The fourth-order valence-electron chi connectivity index (χ4n) is 3.80. The van der Waals surface area contributed by atoms with E-state index in [4.69, 9.17) is 14.2 Å². The van der Waals surface area contributed by atoms with Crippen LogP contribution in [0.15, 0.2) is 66.7 Å². The summed E-state index contributed by atoms with van der Waals surface area (Å²) in [5.74, 6) is 0.824. The third-order valence-electron chi connectivity index (χ3n) is 5.64. The Morgan fingerprint density at radius 2 is 1.63 bits per heavy atom. The second kappa shape index (κ2) is 10.4. The molecule has 1 saturated heterocycles. The molecule has 0 saturated carbocycles. The molecule has 0 aromatic heterocycles. The summed E-state index contributed by atoms with van der Waals surface area (Å²) in [5, 5.41) is 0. The van der Waals surface area contributed by atoms with Crippen LogP contribution in [-0.2, 0) is 14.6 Å². The molecule has 184 valence electrons. The van der Waals surface area contributed by atoms with Crippen molar-refractivity contribution in [1.29, 1.82) is 0 Å². The number of hydrogen-bond acceptors (Lipinski definition) is 6. The third kappa shape index (κ3) is 6.10. The van der Waals surface area contributed by atoms with E-state index in [0.717, 1.165) is 17.4 Å². The van der Waals surface area contributed by atoms with Crippen LogP contribution in [0.25, 0.3) is 11.1 Å². The molecule has 9 heteroatoms. The Bertz CT molecular complexity index is 1290. The van der Waals surface area contributed by atoms with Gasteiger partial charge in [0.15, 0.2) is 27.4 Å². The zero-order chi connectivity index (χ0) is 25.0. The number of rotatable bonds is 9. The fraction of sp³-hybridized carbons (Fsp3) is 0.269. The number of carbonyl (C=O) groups excluding carboxylic acids is 1. The first-order chi connectivity index (χ1) is 16.7. The van der Waals surface area contributed by atoms with E-state index in [-0.39, 0.29) is 24.1 Å². The molecule has 0 aliphatic carbocycles. The molecule has 0 radical (unpaired) electrons. The standard InChI is InChI=1S/C26H26FNO6S/c1-32-25-17-21(9-12-23(25)33-15-16-35(2,30)31)28-14-13-24(26(28)29)34-22-10-5-19(6-11-22)18-3-7-20(27)8-4-18/h3-12,17,24H,13-16H2,1-2H3. The number of benzene rings is 3. The number of nitrogens with zero attached hydrogens (tertiary/aromatic N) is 1. The van der Waals surface area contributed by atoms with E-state index in [9.17, 15) is 17.6 Å². The van der Waals surface area contributed by atoms with Crippen LogP contribution in [0, 0.1) is 5.82 Å². The lowest BCUT2D eigenvalue weighted by Crippen LogP contribution is -2.32. The lowest BCUT2D eigenvalue weighted by Gasteiger charge is -2.19. The summed E-state index contributed by atoms with van der Waals surface area (Å²) >= 11 is 0. The van der Waals surface area contributed by atoms with E-state index in [0.29, 0.717) is 35.9 Å². The molecule has 1 unspecified atom stereocenters. The maximum absolute atomic E-state index is 13.1. The van der Waals surface area contributed by atoms with Crippen molar-refractivity contribution in [3.8, 4) is 28.4 Å². The van der Waals surface area contributed by atoms with Gasteiger partial charge < -0.3 is 19.1 Å². The quantitative estimate of drug-likeness (QED) is 0.441.